The van der Waals surface area contributed by atoms with Gasteiger partial charge in [-0.3, -0.25) is 9.78 Å². The molecule has 30 heavy (non-hydrogen) atoms. The standard InChI is InChI=1S/C20H19F3N4O2.ClH/c21-20(22,23)13-5-8-25-17(9-13)18-26-16-2-1-14(10-15(16)19(28)27-18)29-11-12-3-6-24-7-4-12;/h1-2,5,8-10,12,24H,3-4,6-7,11H2,(H,26,27,28);1H. The van der Waals surface area contributed by atoms with E-state index in [4.69, 9.17) is 4.74 Å². The molecule has 0 atom stereocenters. The fourth-order valence-corrected chi connectivity index (χ4v) is 3.33. The average Bonchev–Trinajstić information content (AvgIpc) is 2.72. The van der Waals surface area contributed by atoms with Crippen LogP contribution in [0.1, 0.15) is 18.4 Å². The molecule has 1 aliphatic rings. The van der Waals surface area contributed by atoms with Gasteiger partial charge in [0.15, 0.2) is 5.82 Å². The quantitative estimate of drug-likeness (QED) is 0.645. The normalized spacial score (nSPS) is 15.0. The molecule has 0 unspecified atom stereocenters. The van der Waals surface area contributed by atoms with Gasteiger partial charge in [0.05, 0.1) is 23.1 Å². The zero-order valence-corrected chi connectivity index (χ0v) is 16.6. The van der Waals surface area contributed by atoms with E-state index in [0.717, 1.165) is 44.3 Å². The van der Waals surface area contributed by atoms with Gasteiger partial charge in [0, 0.05) is 6.20 Å². The van der Waals surface area contributed by atoms with E-state index < -0.39 is 17.3 Å². The third-order valence-corrected chi connectivity index (χ3v) is 4.95. The Balaban J connectivity index is 0.00000256. The van der Waals surface area contributed by atoms with Crippen molar-refractivity contribution in [2.75, 3.05) is 19.7 Å². The van der Waals surface area contributed by atoms with Gasteiger partial charge in [-0.2, -0.15) is 13.2 Å². The summed E-state index contributed by atoms with van der Waals surface area (Å²) in [5.41, 5.74) is -1.01. The van der Waals surface area contributed by atoms with Gasteiger partial charge < -0.3 is 15.0 Å². The second-order valence-electron chi connectivity index (χ2n) is 7.03. The summed E-state index contributed by atoms with van der Waals surface area (Å²) in [6, 6.07) is 6.67. The molecule has 1 saturated heterocycles. The number of nitrogens with zero attached hydrogens (tertiary/aromatic N) is 2. The third-order valence-electron chi connectivity index (χ3n) is 4.95. The number of halogens is 4. The minimum atomic E-state index is -4.50. The number of H-pyrrole nitrogens is 1. The zero-order chi connectivity index (χ0) is 20.4. The first-order chi connectivity index (χ1) is 13.9. The lowest BCUT2D eigenvalue weighted by atomic mass is 9.99. The molecule has 0 amide bonds. The van der Waals surface area contributed by atoms with Gasteiger partial charge >= 0.3 is 6.18 Å². The monoisotopic (exact) mass is 440 g/mol. The molecule has 1 fully saturated rings. The number of aromatic nitrogens is 3. The molecule has 0 spiro atoms. The highest BCUT2D eigenvalue weighted by Crippen LogP contribution is 2.30. The molecular formula is C20H20ClF3N4O2. The highest BCUT2D eigenvalue weighted by atomic mass is 35.5. The summed E-state index contributed by atoms with van der Waals surface area (Å²) >= 11 is 0. The maximum atomic E-state index is 12.9. The minimum Gasteiger partial charge on any atom is -0.493 e. The number of pyridine rings is 1. The molecule has 0 aliphatic carbocycles. The van der Waals surface area contributed by atoms with E-state index in [-0.39, 0.29) is 23.9 Å². The van der Waals surface area contributed by atoms with Crippen molar-refractivity contribution < 1.29 is 17.9 Å². The number of rotatable bonds is 4. The van der Waals surface area contributed by atoms with E-state index in [1.807, 2.05) is 0 Å². The molecule has 3 heterocycles. The van der Waals surface area contributed by atoms with Crippen LogP contribution in [0.3, 0.4) is 0 Å². The predicted molar refractivity (Wildman–Crippen MR) is 109 cm³/mol. The highest BCUT2D eigenvalue weighted by molar-refractivity contribution is 5.85. The Morgan fingerprint density at radius 3 is 2.63 bits per heavy atom. The Labute approximate surface area is 176 Å². The molecule has 2 aromatic heterocycles. The SMILES string of the molecule is Cl.O=c1[nH]c(-c2cc(C(F)(F)F)ccn2)nc2ccc(OCC3CCNCC3)cc12. The van der Waals surface area contributed by atoms with Gasteiger partial charge in [0.1, 0.15) is 11.4 Å². The van der Waals surface area contributed by atoms with Gasteiger partial charge in [-0.25, -0.2) is 4.98 Å². The number of piperidine rings is 1. The van der Waals surface area contributed by atoms with Crippen LogP contribution < -0.4 is 15.6 Å². The van der Waals surface area contributed by atoms with Crippen molar-refractivity contribution in [1.82, 2.24) is 20.3 Å². The van der Waals surface area contributed by atoms with E-state index in [0.29, 0.717) is 29.2 Å². The molecule has 4 rings (SSSR count). The Hall–Kier alpha value is -2.65. The van der Waals surface area contributed by atoms with Crippen molar-refractivity contribution in [3.8, 4) is 17.3 Å². The topological polar surface area (TPSA) is 79.9 Å². The van der Waals surface area contributed by atoms with Crippen LogP contribution in [0, 0.1) is 5.92 Å². The van der Waals surface area contributed by atoms with Gasteiger partial charge in [0.2, 0.25) is 0 Å². The lowest BCUT2D eigenvalue weighted by Crippen LogP contribution is -2.30. The molecule has 3 aromatic rings. The Bertz CT molecular complexity index is 1080. The maximum Gasteiger partial charge on any atom is 0.416 e. The van der Waals surface area contributed by atoms with Crippen molar-refractivity contribution in [1.29, 1.82) is 0 Å². The van der Waals surface area contributed by atoms with Crippen LogP contribution in [0.5, 0.6) is 5.75 Å². The van der Waals surface area contributed by atoms with E-state index in [9.17, 15) is 18.0 Å². The first kappa shape index (κ1) is 22.0. The Kier molecular flexibility index (Phi) is 6.62. The second-order valence-corrected chi connectivity index (χ2v) is 7.03. The van der Waals surface area contributed by atoms with Crippen LogP contribution in [0.15, 0.2) is 41.3 Å². The van der Waals surface area contributed by atoms with E-state index in [2.05, 4.69) is 20.3 Å². The maximum absolute atomic E-state index is 12.9. The number of hydrogen-bond donors (Lipinski definition) is 2. The first-order valence-corrected chi connectivity index (χ1v) is 9.31. The van der Waals surface area contributed by atoms with Crippen LogP contribution in [-0.2, 0) is 6.18 Å². The molecule has 2 N–H and O–H groups in total. The largest absolute Gasteiger partial charge is 0.493 e. The fourth-order valence-electron chi connectivity index (χ4n) is 3.33. The summed E-state index contributed by atoms with van der Waals surface area (Å²) in [7, 11) is 0. The number of hydrogen-bond acceptors (Lipinski definition) is 5. The number of ether oxygens (including phenoxy) is 1. The second kappa shape index (κ2) is 9.01. The summed E-state index contributed by atoms with van der Waals surface area (Å²) in [6.45, 7) is 2.52. The summed E-state index contributed by atoms with van der Waals surface area (Å²) in [5, 5.41) is 3.61. The van der Waals surface area contributed by atoms with Gasteiger partial charge in [0.25, 0.3) is 5.56 Å². The first-order valence-electron chi connectivity index (χ1n) is 9.31. The minimum absolute atomic E-state index is 0. The molecule has 0 bridgehead atoms. The lowest BCUT2D eigenvalue weighted by Gasteiger charge is -2.22. The van der Waals surface area contributed by atoms with Crippen LogP contribution in [-0.4, -0.2) is 34.6 Å². The molecule has 10 heteroatoms. The molecule has 160 valence electrons. The van der Waals surface area contributed by atoms with Crippen LogP contribution in [0.4, 0.5) is 13.2 Å². The van der Waals surface area contributed by atoms with Crippen molar-refractivity contribution >= 4 is 23.3 Å². The number of benzene rings is 1. The number of fused-ring (bicyclic) bond motifs is 1. The number of alkyl halides is 3. The van der Waals surface area contributed by atoms with E-state index in [1.54, 1.807) is 18.2 Å². The fraction of sp³-hybridized carbons (Fsp3) is 0.350. The lowest BCUT2D eigenvalue weighted by molar-refractivity contribution is -0.137. The van der Waals surface area contributed by atoms with Crippen molar-refractivity contribution in [3.05, 3.63) is 52.4 Å². The number of nitrogens with one attached hydrogen (secondary N) is 2. The van der Waals surface area contributed by atoms with Crippen molar-refractivity contribution in [2.45, 2.75) is 19.0 Å². The van der Waals surface area contributed by atoms with Gasteiger partial charge in [-0.15, -0.1) is 12.4 Å². The zero-order valence-electron chi connectivity index (χ0n) is 15.8. The Morgan fingerprint density at radius 2 is 1.90 bits per heavy atom. The smallest absolute Gasteiger partial charge is 0.416 e. The number of aromatic amines is 1. The third kappa shape index (κ3) is 4.91. The van der Waals surface area contributed by atoms with Crippen LogP contribution in [0.2, 0.25) is 0 Å². The van der Waals surface area contributed by atoms with Gasteiger partial charge in [-0.05, 0) is 62.2 Å². The average molecular weight is 441 g/mol. The molecule has 1 aliphatic heterocycles. The molecule has 0 saturated carbocycles. The van der Waals surface area contributed by atoms with Crippen molar-refractivity contribution in [3.63, 3.8) is 0 Å². The summed E-state index contributed by atoms with van der Waals surface area (Å²) < 4.78 is 44.6. The predicted octanol–water partition coefficient (Wildman–Crippen LogP) is 3.80. The molecule has 0 radical (unpaired) electrons. The molecular weight excluding hydrogens is 421 g/mol. The molecule has 1 aromatic carbocycles. The molecule has 6 nitrogen and oxygen atoms in total. The van der Waals surface area contributed by atoms with Gasteiger partial charge in [-0.1, -0.05) is 0 Å². The van der Waals surface area contributed by atoms with Crippen LogP contribution in [0.25, 0.3) is 22.4 Å². The summed E-state index contributed by atoms with van der Waals surface area (Å²) in [6.07, 6.45) is -1.37. The van der Waals surface area contributed by atoms with Crippen LogP contribution >= 0.6 is 12.4 Å². The summed E-state index contributed by atoms with van der Waals surface area (Å²) in [5.74, 6) is 1.02. The van der Waals surface area contributed by atoms with E-state index in [1.165, 1.54) is 0 Å². The Morgan fingerprint density at radius 1 is 1.13 bits per heavy atom. The van der Waals surface area contributed by atoms with E-state index >= 15 is 0 Å². The van der Waals surface area contributed by atoms with Crippen molar-refractivity contribution in [2.24, 2.45) is 5.92 Å². The highest BCUT2D eigenvalue weighted by Gasteiger charge is 2.31. The summed E-state index contributed by atoms with van der Waals surface area (Å²) in [4.78, 5) is 23.2.